The van der Waals surface area contributed by atoms with Crippen LogP contribution in [-0.4, -0.2) is 0 Å². The quantitative estimate of drug-likeness (QED) is 0.387. The van der Waals surface area contributed by atoms with Gasteiger partial charge in [-0.05, 0) is 89.1 Å². The molecule has 0 unspecified atom stereocenters. The van der Waals surface area contributed by atoms with Gasteiger partial charge in [0.2, 0.25) is 0 Å². The van der Waals surface area contributed by atoms with Crippen LogP contribution in [0.4, 0.5) is 0 Å². The van der Waals surface area contributed by atoms with Crippen LogP contribution in [0.1, 0.15) is 87.2 Å². The molecule has 2 fully saturated rings. The third-order valence-corrected chi connectivity index (χ3v) is 7.76. The third-order valence-electron chi connectivity index (χ3n) is 7.54. The average molecular weight is 429 g/mol. The van der Waals surface area contributed by atoms with Crippen molar-refractivity contribution >= 4 is 11.6 Å². The van der Waals surface area contributed by atoms with E-state index in [0.29, 0.717) is 0 Å². The van der Waals surface area contributed by atoms with Crippen molar-refractivity contribution < 1.29 is 0 Å². The summed E-state index contributed by atoms with van der Waals surface area (Å²) in [6.45, 7) is 0. The predicted molar refractivity (Wildman–Crippen MR) is 134 cm³/mol. The van der Waals surface area contributed by atoms with E-state index >= 15 is 0 Å². The van der Waals surface area contributed by atoms with Gasteiger partial charge in [-0.15, -0.1) is 0 Å². The van der Waals surface area contributed by atoms with Crippen molar-refractivity contribution in [2.24, 2.45) is 0 Å². The van der Waals surface area contributed by atoms with E-state index in [1.54, 1.807) is 0 Å². The van der Waals surface area contributed by atoms with Gasteiger partial charge < -0.3 is 0 Å². The zero-order valence-electron chi connectivity index (χ0n) is 18.5. The molecule has 0 aromatic heterocycles. The van der Waals surface area contributed by atoms with Gasteiger partial charge >= 0.3 is 0 Å². The first-order valence-electron chi connectivity index (χ1n) is 12.3. The standard InChI is InChI=1S/C30H33Cl/c31-30-20-28(26-15-11-24(12-16-26)22-7-3-1-4-8-22)19-29(21-30)27-17-13-25(14-18-27)23-9-5-2-6-10-23/h11-23H,1-10H2. The number of halogens is 1. The lowest BCUT2D eigenvalue weighted by Crippen LogP contribution is -2.04. The van der Waals surface area contributed by atoms with E-state index in [-0.39, 0.29) is 0 Å². The van der Waals surface area contributed by atoms with Gasteiger partial charge in [0.05, 0.1) is 0 Å². The fraction of sp³-hybridized carbons (Fsp3) is 0.400. The maximum atomic E-state index is 6.56. The van der Waals surface area contributed by atoms with Gasteiger partial charge in [0.25, 0.3) is 0 Å². The lowest BCUT2D eigenvalue weighted by molar-refractivity contribution is 0.443. The second kappa shape index (κ2) is 9.61. The minimum atomic E-state index is 0.750. The molecular weight excluding hydrogens is 396 g/mol. The van der Waals surface area contributed by atoms with E-state index in [9.17, 15) is 0 Å². The van der Waals surface area contributed by atoms with Crippen LogP contribution in [0.5, 0.6) is 0 Å². The number of benzene rings is 3. The van der Waals surface area contributed by atoms with Crippen LogP contribution in [0.3, 0.4) is 0 Å². The highest BCUT2D eigenvalue weighted by Crippen LogP contribution is 2.36. The van der Waals surface area contributed by atoms with Crippen molar-refractivity contribution in [3.05, 3.63) is 82.9 Å². The Labute approximate surface area is 192 Å². The molecule has 2 aliphatic carbocycles. The fourth-order valence-electron chi connectivity index (χ4n) is 5.69. The summed E-state index contributed by atoms with van der Waals surface area (Å²) >= 11 is 6.56. The normalized spacial score (nSPS) is 18.2. The summed E-state index contributed by atoms with van der Waals surface area (Å²) in [5, 5.41) is 0.806. The second-order valence-corrected chi connectivity index (χ2v) is 10.1. The minimum Gasteiger partial charge on any atom is -0.0843 e. The summed E-state index contributed by atoms with van der Waals surface area (Å²) in [7, 11) is 0. The maximum absolute atomic E-state index is 6.56. The molecule has 2 aliphatic rings. The molecule has 3 aromatic rings. The van der Waals surface area contributed by atoms with E-state index in [0.717, 1.165) is 16.9 Å². The molecule has 0 radical (unpaired) electrons. The second-order valence-electron chi connectivity index (χ2n) is 9.64. The topological polar surface area (TPSA) is 0 Å². The molecule has 0 amide bonds. The van der Waals surface area contributed by atoms with Gasteiger partial charge in [-0.1, -0.05) is 98.7 Å². The zero-order valence-corrected chi connectivity index (χ0v) is 19.2. The highest BCUT2D eigenvalue weighted by atomic mass is 35.5. The number of rotatable bonds is 4. The highest BCUT2D eigenvalue weighted by Gasteiger charge is 2.16. The summed E-state index contributed by atoms with van der Waals surface area (Å²) in [4.78, 5) is 0. The van der Waals surface area contributed by atoms with E-state index in [1.165, 1.54) is 97.6 Å². The Morgan fingerprint density at radius 1 is 0.452 bits per heavy atom. The van der Waals surface area contributed by atoms with Crippen LogP contribution in [0.2, 0.25) is 5.02 Å². The Bertz CT molecular complexity index is 908. The summed E-state index contributed by atoms with van der Waals surface area (Å²) in [6, 6.07) is 25.0. The largest absolute Gasteiger partial charge is 0.0843 e. The molecule has 0 nitrogen and oxygen atoms in total. The van der Waals surface area contributed by atoms with Gasteiger partial charge in [-0.2, -0.15) is 0 Å². The molecule has 0 aliphatic heterocycles. The van der Waals surface area contributed by atoms with Crippen LogP contribution in [-0.2, 0) is 0 Å². The summed E-state index contributed by atoms with van der Waals surface area (Å²) in [5.41, 5.74) is 7.92. The lowest BCUT2D eigenvalue weighted by atomic mass is 9.83. The highest BCUT2D eigenvalue weighted by molar-refractivity contribution is 6.31. The Kier molecular flexibility index (Phi) is 6.46. The molecule has 1 heteroatoms. The van der Waals surface area contributed by atoms with E-state index < -0.39 is 0 Å². The summed E-state index contributed by atoms with van der Waals surface area (Å²) < 4.78 is 0. The Morgan fingerprint density at radius 3 is 1.23 bits per heavy atom. The first-order chi connectivity index (χ1) is 15.3. The third kappa shape index (κ3) is 4.90. The molecule has 0 bridgehead atoms. The molecule has 31 heavy (non-hydrogen) atoms. The summed E-state index contributed by atoms with van der Waals surface area (Å²) in [5.74, 6) is 1.50. The summed E-state index contributed by atoms with van der Waals surface area (Å²) in [6.07, 6.45) is 13.7. The first-order valence-corrected chi connectivity index (χ1v) is 12.7. The van der Waals surface area contributed by atoms with Crippen LogP contribution in [0.15, 0.2) is 66.7 Å². The van der Waals surface area contributed by atoms with Gasteiger partial charge in [0.15, 0.2) is 0 Å². The van der Waals surface area contributed by atoms with Crippen molar-refractivity contribution in [1.29, 1.82) is 0 Å². The van der Waals surface area contributed by atoms with E-state index in [2.05, 4.69) is 66.7 Å². The molecule has 0 N–H and O–H groups in total. The smallest absolute Gasteiger partial charge is 0.0418 e. The molecule has 0 spiro atoms. The van der Waals surface area contributed by atoms with Crippen molar-refractivity contribution in [1.82, 2.24) is 0 Å². The molecular formula is C30H33Cl. The van der Waals surface area contributed by atoms with Crippen molar-refractivity contribution in [3.63, 3.8) is 0 Å². The van der Waals surface area contributed by atoms with Crippen molar-refractivity contribution in [2.75, 3.05) is 0 Å². The monoisotopic (exact) mass is 428 g/mol. The maximum Gasteiger partial charge on any atom is 0.0418 e. The molecule has 2 saturated carbocycles. The Hall–Kier alpha value is -2.05. The average Bonchev–Trinajstić information content (AvgIpc) is 2.85. The number of hydrogen-bond donors (Lipinski definition) is 0. The van der Waals surface area contributed by atoms with Crippen LogP contribution < -0.4 is 0 Å². The molecule has 0 heterocycles. The lowest BCUT2D eigenvalue weighted by Gasteiger charge is -2.22. The van der Waals surface area contributed by atoms with Crippen LogP contribution in [0, 0.1) is 0 Å². The van der Waals surface area contributed by atoms with Gasteiger partial charge in [-0.3, -0.25) is 0 Å². The zero-order chi connectivity index (χ0) is 21.0. The van der Waals surface area contributed by atoms with Crippen LogP contribution in [0.25, 0.3) is 22.3 Å². The first kappa shape index (κ1) is 20.8. The molecule has 160 valence electrons. The predicted octanol–water partition coefficient (Wildman–Crippen LogP) is 9.77. The molecule has 0 atom stereocenters. The Morgan fingerprint density at radius 2 is 0.839 bits per heavy atom. The SMILES string of the molecule is Clc1cc(-c2ccc(C3CCCCC3)cc2)cc(-c2ccc(C3CCCCC3)cc2)c1. The Balaban J connectivity index is 1.37. The molecule has 0 saturated heterocycles. The van der Waals surface area contributed by atoms with Gasteiger partial charge in [0.1, 0.15) is 0 Å². The van der Waals surface area contributed by atoms with Gasteiger partial charge in [-0.25, -0.2) is 0 Å². The van der Waals surface area contributed by atoms with Crippen molar-refractivity contribution in [2.45, 2.75) is 76.0 Å². The fourth-order valence-corrected chi connectivity index (χ4v) is 5.93. The van der Waals surface area contributed by atoms with Gasteiger partial charge in [0, 0.05) is 5.02 Å². The molecule has 5 rings (SSSR count). The van der Waals surface area contributed by atoms with Crippen molar-refractivity contribution in [3.8, 4) is 22.3 Å². The molecule has 3 aromatic carbocycles. The van der Waals surface area contributed by atoms with Crippen LogP contribution >= 0.6 is 11.6 Å². The van der Waals surface area contributed by atoms with E-state index in [4.69, 9.17) is 11.6 Å². The minimum absolute atomic E-state index is 0.750. The van der Waals surface area contributed by atoms with E-state index in [1.807, 2.05) is 0 Å². The number of hydrogen-bond acceptors (Lipinski definition) is 0.